The minimum atomic E-state index is -3.60. The number of carbonyl (C=O) groups excluding carboxylic acids is 2. The van der Waals surface area contributed by atoms with Crippen LogP contribution < -0.4 is 14.9 Å². The smallest absolute Gasteiger partial charge is 0.293 e. The Morgan fingerprint density at radius 3 is 2.55 bits per heavy atom. The summed E-state index contributed by atoms with van der Waals surface area (Å²) in [4.78, 5) is 25.1. The highest BCUT2D eigenvalue weighted by Gasteiger charge is 2.31. The topological polar surface area (TPSA) is 110 Å². The minimum Gasteiger partial charge on any atom is -0.461 e. The molecule has 2 atom stereocenters. The van der Waals surface area contributed by atoms with Crippen molar-refractivity contribution < 1.29 is 31.5 Å². The average Bonchev–Trinajstić information content (AvgIpc) is 3.68. The van der Waals surface area contributed by atoms with E-state index < -0.39 is 39.7 Å². The summed E-state index contributed by atoms with van der Waals surface area (Å²) in [6, 6.07) is 5.82. The van der Waals surface area contributed by atoms with Crippen LogP contribution in [0.25, 0.3) is 10.9 Å². The van der Waals surface area contributed by atoms with Crippen molar-refractivity contribution in [2.24, 2.45) is 0 Å². The normalized spacial score (nSPS) is 17.8. The van der Waals surface area contributed by atoms with Crippen LogP contribution in [0.4, 0.5) is 14.5 Å². The van der Waals surface area contributed by atoms with Crippen LogP contribution in [-0.4, -0.2) is 62.9 Å². The fourth-order valence-corrected chi connectivity index (χ4v) is 6.39. The van der Waals surface area contributed by atoms with Gasteiger partial charge in [-0.1, -0.05) is 6.92 Å². The lowest BCUT2D eigenvalue weighted by molar-refractivity contribution is -0.134. The molecular weight excluding hydrogens is 542 g/mol. The Bertz CT molecular complexity index is 1530. The van der Waals surface area contributed by atoms with Crippen LogP contribution in [0.1, 0.15) is 41.3 Å². The first-order chi connectivity index (χ1) is 19.1. The van der Waals surface area contributed by atoms with E-state index in [1.54, 1.807) is 6.07 Å². The Morgan fingerprint density at radius 2 is 1.90 bits per heavy atom. The quantitative estimate of drug-likeness (QED) is 0.341. The van der Waals surface area contributed by atoms with E-state index in [-0.39, 0.29) is 35.9 Å². The number of rotatable bonds is 11. The number of aromatic nitrogens is 1. The van der Waals surface area contributed by atoms with Gasteiger partial charge in [-0.2, -0.15) is 0 Å². The van der Waals surface area contributed by atoms with Crippen molar-refractivity contribution in [3.63, 3.8) is 0 Å². The molecule has 214 valence electrons. The molecule has 0 saturated heterocycles. The number of carbonyl (C=O) groups is 2. The lowest BCUT2D eigenvalue weighted by atomic mass is 9.99. The number of anilines is 1. The molecule has 0 radical (unpaired) electrons. The van der Waals surface area contributed by atoms with Crippen molar-refractivity contribution >= 4 is 39.0 Å². The third-order valence-corrected chi connectivity index (χ3v) is 9.31. The Labute approximate surface area is 231 Å². The number of sulfonamides is 1. The third kappa shape index (κ3) is 5.83. The summed E-state index contributed by atoms with van der Waals surface area (Å²) in [5, 5.41) is 6.94. The number of hydrogen-bond donors (Lipinski definition) is 2. The van der Waals surface area contributed by atoms with E-state index in [4.69, 9.17) is 4.74 Å². The van der Waals surface area contributed by atoms with Gasteiger partial charge in [0, 0.05) is 49.4 Å². The maximum atomic E-state index is 14.0. The van der Waals surface area contributed by atoms with Crippen LogP contribution in [0.3, 0.4) is 0 Å². The summed E-state index contributed by atoms with van der Waals surface area (Å²) in [5.74, 6) is -2.12. The highest BCUT2D eigenvalue weighted by molar-refractivity contribution is 7.92. The second kappa shape index (κ2) is 11.2. The number of amides is 1. The Balaban J connectivity index is 1.52. The Hall–Kier alpha value is -3.51. The fraction of sp³-hybridized carbons (Fsp3) is 0.429. The zero-order chi connectivity index (χ0) is 28.6. The molecule has 1 aliphatic heterocycles. The maximum Gasteiger partial charge on any atom is 0.293 e. The molecule has 1 saturated carbocycles. The number of nitrogens with one attached hydrogen (secondary N) is 2. The molecule has 3 aromatic rings. The molecule has 1 aliphatic carbocycles. The zero-order valence-electron chi connectivity index (χ0n) is 22.3. The molecule has 9 nitrogen and oxygen atoms in total. The van der Waals surface area contributed by atoms with E-state index in [9.17, 15) is 26.8 Å². The number of nitrogens with zero attached hydrogens (tertiary/aromatic N) is 2. The monoisotopic (exact) mass is 574 g/mol. The molecule has 0 spiro atoms. The SMILES string of the molecule is CCc1cn2c3c(cc(C(=O)N[C@@H](Cc4cc(F)cc(F)c4)[C@@H](CNC4CC4)OC=O)cc13)N(C)S(=O)(=O)CC2. The summed E-state index contributed by atoms with van der Waals surface area (Å²) >= 11 is 0. The van der Waals surface area contributed by atoms with E-state index in [0.29, 0.717) is 25.1 Å². The molecule has 1 aromatic heterocycles. The molecule has 0 unspecified atom stereocenters. The predicted octanol–water partition coefficient (Wildman–Crippen LogP) is 2.90. The number of hydrogen-bond acceptors (Lipinski definition) is 6. The zero-order valence-corrected chi connectivity index (χ0v) is 23.1. The molecular formula is C28H32F2N4O5S. The standard InChI is InChI=1S/C28H32F2N4O5S/c1-3-18-15-34-6-7-40(37,38)33(2)25-12-19(11-23(18)27(25)34)28(36)32-24(10-17-8-20(29)13-21(30)9-17)26(39-16-35)14-31-22-4-5-22/h8-9,11-13,15-16,22,24,26,31H,3-7,10,14H2,1-2H3,(H,32,36)/t24-,26+/m0/s1. The van der Waals surface area contributed by atoms with Crippen LogP contribution in [0.5, 0.6) is 0 Å². The summed E-state index contributed by atoms with van der Waals surface area (Å²) < 4.78 is 62.1. The van der Waals surface area contributed by atoms with Crippen molar-refractivity contribution in [1.29, 1.82) is 0 Å². The van der Waals surface area contributed by atoms with Gasteiger partial charge in [0.2, 0.25) is 10.0 Å². The first-order valence-electron chi connectivity index (χ1n) is 13.3. The van der Waals surface area contributed by atoms with Gasteiger partial charge in [0.1, 0.15) is 17.7 Å². The van der Waals surface area contributed by atoms with Crippen molar-refractivity contribution in [1.82, 2.24) is 15.2 Å². The van der Waals surface area contributed by atoms with Gasteiger partial charge in [0.15, 0.2) is 0 Å². The van der Waals surface area contributed by atoms with Crippen LogP contribution in [0.15, 0.2) is 36.5 Å². The van der Waals surface area contributed by atoms with Crippen molar-refractivity contribution in [2.75, 3.05) is 23.7 Å². The lowest BCUT2D eigenvalue weighted by Gasteiger charge is -2.27. The number of halogens is 2. The molecule has 2 aromatic carbocycles. The highest BCUT2D eigenvalue weighted by atomic mass is 32.2. The second-order valence-electron chi connectivity index (χ2n) is 10.4. The minimum absolute atomic E-state index is 0.00869. The molecule has 2 N–H and O–H groups in total. The van der Waals surface area contributed by atoms with Crippen molar-refractivity contribution in [2.45, 2.75) is 57.3 Å². The van der Waals surface area contributed by atoms with Gasteiger partial charge in [-0.05, 0) is 61.1 Å². The van der Waals surface area contributed by atoms with E-state index in [1.807, 2.05) is 17.7 Å². The van der Waals surface area contributed by atoms with Crippen molar-refractivity contribution in [3.05, 3.63) is 64.9 Å². The van der Waals surface area contributed by atoms with Gasteiger partial charge in [-0.3, -0.25) is 13.9 Å². The number of aryl methyl sites for hydroxylation is 2. The summed E-state index contributed by atoms with van der Waals surface area (Å²) in [6.07, 6.45) is 3.74. The lowest BCUT2D eigenvalue weighted by Crippen LogP contribution is -2.50. The molecule has 1 amide bonds. The van der Waals surface area contributed by atoms with Crippen LogP contribution in [0.2, 0.25) is 0 Å². The second-order valence-corrected chi connectivity index (χ2v) is 12.5. The molecule has 1 fully saturated rings. The first-order valence-corrected chi connectivity index (χ1v) is 14.9. The molecule has 2 heterocycles. The van der Waals surface area contributed by atoms with Gasteiger partial charge in [-0.15, -0.1) is 0 Å². The van der Waals surface area contributed by atoms with Crippen LogP contribution in [-0.2, 0) is 38.9 Å². The Kier molecular flexibility index (Phi) is 7.83. The third-order valence-electron chi connectivity index (χ3n) is 7.58. The summed E-state index contributed by atoms with van der Waals surface area (Å²) in [5.41, 5.74) is 2.60. The largest absolute Gasteiger partial charge is 0.461 e. The molecule has 5 rings (SSSR count). The van der Waals surface area contributed by atoms with Gasteiger partial charge < -0.3 is 19.9 Å². The number of ether oxygens (including phenoxy) is 1. The van der Waals surface area contributed by atoms with E-state index in [2.05, 4.69) is 10.6 Å². The molecule has 12 heteroatoms. The van der Waals surface area contributed by atoms with E-state index in [1.165, 1.54) is 29.6 Å². The van der Waals surface area contributed by atoms with E-state index >= 15 is 0 Å². The van der Waals surface area contributed by atoms with Gasteiger partial charge in [-0.25, -0.2) is 17.2 Å². The molecule has 2 aliphatic rings. The van der Waals surface area contributed by atoms with Gasteiger partial charge >= 0.3 is 0 Å². The molecule has 0 bridgehead atoms. The van der Waals surface area contributed by atoms with Crippen molar-refractivity contribution in [3.8, 4) is 0 Å². The Morgan fingerprint density at radius 1 is 1.18 bits per heavy atom. The van der Waals surface area contributed by atoms with E-state index in [0.717, 1.165) is 35.4 Å². The van der Waals surface area contributed by atoms with Crippen LogP contribution in [0, 0.1) is 11.6 Å². The summed E-state index contributed by atoms with van der Waals surface area (Å²) in [6.45, 7) is 2.81. The highest BCUT2D eigenvalue weighted by Crippen LogP contribution is 2.35. The van der Waals surface area contributed by atoms with Gasteiger partial charge in [0.05, 0.1) is 23.0 Å². The van der Waals surface area contributed by atoms with Crippen LogP contribution >= 0.6 is 0 Å². The summed E-state index contributed by atoms with van der Waals surface area (Å²) in [7, 11) is -2.13. The maximum absolute atomic E-state index is 14.0. The molecule has 40 heavy (non-hydrogen) atoms. The predicted molar refractivity (Wildman–Crippen MR) is 147 cm³/mol. The number of benzene rings is 2. The van der Waals surface area contributed by atoms with Gasteiger partial charge in [0.25, 0.3) is 12.4 Å². The first kappa shape index (κ1) is 28.0. The average molecular weight is 575 g/mol. The fourth-order valence-electron chi connectivity index (χ4n) is 5.25.